The molecular weight excluding hydrogens is 353 g/mol. The van der Waals surface area contributed by atoms with E-state index in [1.54, 1.807) is 6.07 Å². The van der Waals surface area contributed by atoms with Crippen molar-refractivity contribution >= 4 is 23.0 Å². The highest BCUT2D eigenvalue weighted by Gasteiger charge is 2.23. The van der Waals surface area contributed by atoms with Crippen LogP contribution in [0.1, 0.15) is 5.56 Å². The molecule has 0 amide bonds. The summed E-state index contributed by atoms with van der Waals surface area (Å²) in [4.78, 5) is 3.65. The van der Waals surface area contributed by atoms with Crippen LogP contribution in [0.2, 0.25) is 0 Å². The van der Waals surface area contributed by atoms with Crippen molar-refractivity contribution in [2.75, 3.05) is 38.3 Å². The number of rotatable bonds is 3. The molecule has 0 unspecified atom stereocenters. The number of benzene rings is 2. The van der Waals surface area contributed by atoms with E-state index in [2.05, 4.69) is 22.3 Å². The van der Waals surface area contributed by atoms with Gasteiger partial charge in [-0.3, -0.25) is 0 Å². The van der Waals surface area contributed by atoms with Gasteiger partial charge in [-0.2, -0.15) is 0 Å². The fourth-order valence-electron chi connectivity index (χ4n) is 3.31. The third-order valence-corrected chi connectivity index (χ3v) is 5.09. The molecule has 26 heavy (non-hydrogen) atoms. The summed E-state index contributed by atoms with van der Waals surface area (Å²) in [6.07, 6.45) is 0. The molecule has 0 aromatic heterocycles. The van der Waals surface area contributed by atoms with E-state index < -0.39 is 0 Å². The first-order chi connectivity index (χ1) is 12.7. The molecule has 2 aromatic rings. The van der Waals surface area contributed by atoms with Gasteiger partial charge in [0.05, 0.1) is 26.2 Å². The van der Waals surface area contributed by atoms with E-state index in [9.17, 15) is 4.39 Å². The minimum atomic E-state index is -0.268. The molecule has 1 fully saturated rings. The number of ether oxygens (including phenoxy) is 2. The number of piperazine rings is 1. The van der Waals surface area contributed by atoms with E-state index in [-0.39, 0.29) is 5.82 Å². The zero-order chi connectivity index (χ0) is 17.9. The van der Waals surface area contributed by atoms with Gasteiger partial charge in [-0.25, -0.2) is 4.39 Å². The van der Waals surface area contributed by atoms with Crippen LogP contribution in [-0.4, -0.2) is 43.0 Å². The summed E-state index contributed by atoms with van der Waals surface area (Å²) < 4.78 is 24.1. The summed E-state index contributed by atoms with van der Waals surface area (Å²) in [6, 6.07) is 12.5. The van der Waals surface area contributed by atoms with Crippen molar-refractivity contribution in [2.45, 2.75) is 6.54 Å². The lowest BCUT2D eigenvalue weighted by atomic mass is 10.1. The highest BCUT2D eigenvalue weighted by atomic mass is 32.1. The van der Waals surface area contributed by atoms with Gasteiger partial charge in [0.2, 0.25) is 6.79 Å². The number of hydrogen-bond acceptors (Lipinski definition) is 3. The van der Waals surface area contributed by atoms with Gasteiger partial charge in [-0.05, 0) is 48.6 Å². The first-order valence-electron chi connectivity index (χ1n) is 8.71. The van der Waals surface area contributed by atoms with Crippen molar-refractivity contribution in [1.82, 2.24) is 4.90 Å². The number of anilines is 1. The average molecular weight is 374 g/mol. The van der Waals surface area contributed by atoms with Gasteiger partial charge in [-0.15, -0.1) is 0 Å². The molecule has 0 bridgehead atoms. The topological polar surface area (TPSA) is 38.2 Å². The van der Waals surface area contributed by atoms with Crippen LogP contribution in [0.3, 0.4) is 0 Å². The number of nitrogens with zero attached hydrogens (tertiary/aromatic N) is 1. The molecule has 0 spiro atoms. The van der Waals surface area contributed by atoms with Gasteiger partial charge in [-0.1, -0.05) is 6.07 Å². The fraction of sp³-hybridized carbons (Fsp3) is 0.316. The summed E-state index contributed by atoms with van der Waals surface area (Å²) in [5, 5.41) is 3.77. The van der Waals surface area contributed by atoms with E-state index in [4.69, 9.17) is 21.7 Å². The molecule has 2 aromatic carbocycles. The van der Waals surface area contributed by atoms with Gasteiger partial charge >= 0.3 is 0 Å². The molecule has 2 heterocycles. The first-order valence-corrected chi connectivity index (χ1v) is 9.12. The van der Waals surface area contributed by atoms with Crippen LogP contribution in [-0.2, 0) is 6.54 Å². The highest BCUT2D eigenvalue weighted by Crippen LogP contribution is 2.32. The molecule has 7 heteroatoms. The third-order valence-electron chi connectivity index (χ3n) is 4.72. The second kappa shape index (κ2) is 7.47. The number of hydrogen-bond donors (Lipinski definition) is 2. The summed E-state index contributed by atoms with van der Waals surface area (Å²) in [6.45, 7) is 5.01. The summed E-state index contributed by atoms with van der Waals surface area (Å²) in [5.74, 6) is 1.39. The Hall–Kier alpha value is -2.38. The monoisotopic (exact) mass is 374 g/mol. The Bertz CT molecular complexity index is 809. The minimum absolute atomic E-state index is 0.268. The van der Waals surface area contributed by atoms with Crippen LogP contribution in [0.25, 0.3) is 0 Å². The van der Waals surface area contributed by atoms with Gasteiger partial charge < -0.3 is 24.6 Å². The van der Waals surface area contributed by atoms with Gasteiger partial charge in [0.15, 0.2) is 16.6 Å². The largest absolute Gasteiger partial charge is 0.454 e. The van der Waals surface area contributed by atoms with Crippen LogP contribution in [0.5, 0.6) is 11.5 Å². The van der Waals surface area contributed by atoms with Crippen LogP contribution in [0.4, 0.5) is 10.1 Å². The van der Waals surface area contributed by atoms with E-state index in [1.165, 1.54) is 22.6 Å². The van der Waals surface area contributed by atoms with E-state index in [0.29, 0.717) is 17.6 Å². The third kappa shape index (κ3) is 3.89. The standard InChI is InChI=1S/C19H20FN3O2S/c20-15-2-1-3-16(11-15)21-19(26)23-8-6-22(7-9-23)12-14-4-5-17-18(10-14)25-13-24-17/h1-5,10-11H,6-9,12-13H2,(H,21,26)/p+1. The number of nitrogens with one attached hydrogen (secondary N) is 2. The maximum atomic E-state index is 13.3. The van der Waals surface area contributed by atoms with Crippen LogP contribution in [0.15, 0.2) is 42.5 Å². The van der Waals surface area contributed by atoms with E-state index in [1.807, 2.05) is 12.1 Å². The fourth-order valence-corrected chi connectivity index (χ4v) is 3.61. The zero-order valence-corrected chi connectivity index (χ0v) is 15.2. The SMILES string of the molecule is Fc1cccc(NC(=S)N2CC[NH+](Cc3ccc4c(c3)OCO4)CC2)c1. The van der Waals surface area contributed by atoms with Crippen molar-refractivity contribution in [1.29, 1.82) is 0 Å². The highest BCUT2D eigenvalue weighted by molar-refractivity contribution is 7.80. The lowest BCUT2D eigenvalue weighted by Gasteiger charge is -2.34. The van der Waals surface area contributed by atoms with Gasteiger partial charge in [0.25, 0.3) is 0 Å². The van der Waals surface area contributed by atoms with Crippen LogP contribution in [0, 0.1) is 5.82 Å². The maximum absolute atomic E-state index is 13.3. The lowest BCUT2D eigenvalue weighted by Crippen LogP contribution is -3.13. The Balaban J connectivity index is 1.29. The molecule has 4 rings (SSSR count). The quantitative estimate of drug-likeness (QED) is 0.800. The number of fused-ring (bicyclic) bond motifs is 1. The molecule has 1 saturated heterocycles. The predicted octanol–water partition coefficient (Wildman–Crippen LogP) is 1.65. The second-order valence-electron chi connectivity index (χ2n) is 6.54. The van der Waals surface area contributed by atoms with Crippen molar-refractivity contribution in [3.63, 3.8) is 0 Å². The molecule has 0 saturated carbocycles. The zero-order valence-electron chi connectivity index (χ0n) is 14.3. The van der Waals surface area contributed by atoms with Crippen LogP contribution >= 0.6 is 12.2 Å². The molecule has 2 aliphatic heterocycles. The Kier molecular flexibility index (Phi) is 4.90. The van der Waals surface area contributed by atoms with Gasteiger partial charge in [0, 0.05) is 11.3 Å². The summed E-state index contributed by atoms with van der Waals surface area (Å²) in [7, 11) is 0. The molecule has 5 nitrogen and oxygen atoms in total. The number of halogens is 1. The molecule has 0 radical (unpaired) electrons. The first kappa shape index (κ1) is 17.1. The molecule has 136 valence electrons. The smallest absolute Gasteiger partial charge is 0.231 e. The Morgan fingerprint density at radius 3 is 2.73 bits per heavy atom. The number of quaternary nitrogens is 1. The maximum Gasteiger partial charge on any atom is 0.231 e. The van der Waals surface area contributed by atoms with Crippen molar-refractivity contribution < 1.29 is 18.8 Å². The average Bonchev–Trinajstić information content (AvgIpc) is 3.10. The van der Waals surface area contributed by atoms with Gasteiger partial charge in [0.1, 0.15) is 12.4 Å². The lowest BCUT2D eigenvalue weighted by molar-refractivity contribution is -0.917. The Morgan fingerprint density at radius 1 is 1.12 bits per heavy atom. The Morgan fingerprint density at radius 2 is 1.92 bits per heavy atom. The normalized spacial score (nSPS) is 16.6. The van der Waals surface area contributed by atoms with Crippen molar-refractivity contribution in [2.24, 2.45) is 0 Å². The van der Waals surface area contributed by atoms with Crippen molar-refractivity contribution in [3.05, 3.63) is 53.8 Å². The second-order valence-corrected chi connectivity index (χ2v) is 6.93. The summed E-state index contributed by atoms with van der Waals surface area (Å²) >= 11 is 5.47. The number of thiocarbonyl (C=S) groups is 1. The van der Waals surface area contributed by atoms with Crippen molar-refractivity contribution in [3.8, 4) is 11.5 Å². The predicted molar refractivity (Wildman–Crippen MR) is 101 cm³/mol. The van der Waals surface area contributed by atoms with E-state index in [0.717, 1.165) is 44.2 Å². The molecule has 0 aliphatic carbocycles. The van der Waals surface area contributed by atoms with Crippen LogP contribution < -0.4 is 19.7 Å². The Labute approximate surface area is 157 Å². The van der Waals surface area contributed by atoms with E-state index >= 15 is 0 Å². The molecular formula is C19H21FN3O2S+. The molecule has 2 aliphatic rings. The molecule has 2 N–H and O–H groups in total. The molecule has 0 atom stereocenters. The minimum Gasteiger partial charge on any atom is -0.454 e. The summed E-state index contributed by atoms with van der Waals surface area (Å²) in [5.41, 5.74) is 1.93.